The van der Waals surface area contributed by atoms with Gasteiger partial charge >= 0.3 is 6.18 Å². The summed E-state index contributed by atoms with van der Waals surface area (Å²) >= 11 is 1.29. The molecule has 2 aromatic carbocycles. The summed E-state index contributed by atoms with van der Waals surface area (Å²) in [5, 5.41) is 11.4. The van der Waals surface area contributed by atoms with Crippen LogP contribution in [0, 0.1) is 11.3 Å². The number of hydrogen-bond donors (Lipinski definition) is 1. The van der Waals surface area contributed by atoms with Crippen molar-refractivity contribution in [2.75, 3.05) is 11.1 Å². The van der Waals surface area contributed by atoms with Crippen LogP contribution in [0.15, 0.2) is 48.5 Å². The lowest BCUT2D eigenvalue weighted by Gasteiger charge is -2.10. The lowest BCUT2D eigenvalue weighted by Crippen LogP contribution is -2.15. The first-order valence-corrected chi connectivity index (χ1v) is 8.08. The second kappa shape index (κ2) is 7.88. The monoisotopic (exact) mass is 350 g/mol. The molecule has 124 valence electrons. The highest BCUT2D eigenvalue weighted by atomic mass is 32.2. The highest BCUT2D eigenvalue weighted by Crippen LogP contribution is 2.30. The van der Waals surface area contributed by atoms with Crippen LogP contribution in [0.3, 0.4) is 0 Å². The van der Waals surface area contributed by atoms with E-state index in [2.05, 4.69) is 11.4 Å². The van der Waals surface area contributed by atoms with Crippen molar-refractivity contribution in [3.63, 3.8) is 0 Å². The Morgan fingerprint density at radius 1 is 1.17 bits per heavy atom. The molecule has 0 aliphatic heterocycles. The second-order valence-electron chi connectivity index (χ2n) is 4.89. The zero-order valence-corrected chi connectivity index (χ0v) is 13.2. The lowest BCUT2D eigenvalue weighted by molar-refractivity contribution is -0.137. The van der Waals surface area contributed by atoms with E-state index in [1.54, 1.807) is 24.3 Å². The fourth-order valence-corrected chi connectivity index (χ4v) is 2.81. The van der Waals surface area contributed by atoms with Crippen LogP contribution in [-0.4, -0.2) is 11.7 Å². The summed E-state index contributed by atoms with van der Waals surface area (Å²) in [7, 11) is 0. The summed E-state index contributed by atoms with van der Waals surface area (Å²) in [5.74, 6) is 0.157. The first-order chi connectivity index (χ1) is 11.4. The van der Waals surface area contributed by atoms with Crippen LogP contribution in [-0.2, 0) is 16.7 Å². The molecule has 1 N–H and O–H groups in total. The molecule has 2 rings (SSSR count). The summed E-state index contributed by atoms with van der Waals surface area (Å²) < 4.78 is 37.9. The zero-order chi connectivity index (χ0) is 17.6. The van der Waals surface area contributed by atoms with E-state index < -0.39 is 17.6 Å². The van der Waals surface area contributed by atoms with E-state index in [0.717, 1.165) is 17.7 Å². The van der Waals surface area contributed by atoms with Gasteiger partial charge in [0.2, 0.25) is 5.91 Å². The summed E-state index contributed by atoms with van der Waals surface area (Å²) in [5.41, 5.74) is 0.656. The number of nitriles is 1. The molecule has 0 unspecified atom stereocenters. The van der Waals surface area contributed by atoms with Crippen molar-refractivity contribution in [3.05, 3.63) is 65.2 Å². The van der Waals surface area contributed by atoms with Crippen LogP contribution in [0.1, 0.15) is 16.7 Å². The smallest absolute Gasteiger partial charge is 0.325 e. The number of benzene rings is 2. The van der Waals surface area contributed by atoms with Crippen molar-refractivity contribution in [1.82, 2.24) is 0 Å². The molecule has 0 fully saturated rings. The maximum Gasteiger partial charge on any atom is 0.416 e. The molecule has 0 saturated heterocycles. The SMILES string of the molecule is N#Cc1ccccc1CSCC(=O)Nc1cccc(C(F)(F)F)c1. The molecule has 0 heterocycles. The van der Waals surface area contributed by atoms with Gasteiger partial charge in [0.25, 0.3) is 0 Å². The van der Waals surface area contributed by atoms with Crippen molar-refractivity contribution in [3.8, 4) is 6.07 Å². The minimum absolute atomic E-state index is 0.0794. The molecule has 0 aliphatic carbocycles. The molecule has 1 amide bonds. The van der Waals surface area contributed by atoms with Crippen molar-refractivity contribution in [2.24, 2.45) is 0 Å². The van der Waals surface area contributed by atoms with Crippen molar-refractivity contribution in [1.29, 1.82) is 5.26 Å². The van der Waals surface area contributed by atoms with Crippen LogP contribution in [0.2, 0.25) is 0 Å². The third-order valence-electron chi connectivity index (χ3n) is 3.10. The van der Waals surface area contributed by atoms with Gasteiger partial charge in [0.1, 0.15) is 0 Å². The van der Waals surface area contributed by atoms with Crippen LogP contribution in [0.5, 0.6) is 0 Å². The molecule has 0 bridgehead atoms. The van der Waals surface area contributed by atoms with E-state index in [9.17, 15) is 18.0 Å². The third-order valence-corrected chi connectivity index (χ3v) is 4.08. The number of alkyl halides is 3. The summed E-state index contributed by atoms with van der Waals surface area (Å²) in [6.45, 7) is 0. The Labute approximate surface area is 141 Å². The van der Waals surface area contributed by atoms with Gasteiger partial charge in [-0.1, -0.05) is 24.3 Å². The lowest BCUT2D eigenvalue weighted by atomic mass is 10.1. The minimum Gasteiger partial charge on any atom is -0.325 e. The molecule has 3 nitrogen and oxygen atoms in total. The first-order valence-electron chi connectivity index (χ1n) is 6.93. The fraction of sp³-hybridized carbons (Fsp3) is 0.176. The number of carbonyl (C=O) groups excluding carboxylic acids is 1. The quantitative estimate of drug-likeness (QED) is 0.867. The standard InChI is InChI=1S/C17H13F3N2OS/c18-17(19,20)14-6-3-7-15(8-14)22-16(23)11-24-10-13-5-2-1-4-12(13)9-21/h1-8H,10-11H2,(H,22,23). The third kappa shape index (κ3) is 5.03. The Kier molecular flexibility index (Phi) is 5.88. The molecule has 24 heavy (non-hydrogen) atoms. The molecule has 7 heteroatoms. The average Bonchev–Trinajstić information content (AvgIpc) is 2.55. The Morgan fingerprint density at radius 3 is 2.62 bits per heavy atom. The number of carbonyl (C=O) groups is 1. The molecule has 0 spiro atoms. The van der Waals surface area contributed by atoms with Crippen LogP contribution >= 0.6 is 11.8 Å². The van der Waals surface area contributed by atoms with Crippen LogP contribution in [0.25, 0.3) is 0 Å². The molecule has 0 aromatic heterocycles. The maximum atomic E-state index is 12.6. The number of halogens is 3. The van der Waals surface area contributed by atoms with Gasteiger partial charge < -0.3 is 5.32 Å². The fourth-order valence-electron chi connectivity index (χ4n) is 1.98. The van der Waals surface area contributed by atoms with E-state index in [0.29, 0.717) is 11.3 Å². The highest BCUT2D eigenvalue weighted by Gasteiger charge is 2.30. The Balaban J connectivity index is 1.89. The van der Waals surface area contributed by atoms with Crippen molar-refractivity contribution < 1.29 is 18.0 Å². The normalized spacial score (nSPS) is 10.9. The number of anilines is 1. The molecular weight excluding hydrogens is 337 g/mol. The number of nitrogens with one attached hydrogen (secondary N) is 1. The number of nitrogens with zero attached hydrogens (tertiary/aromatic N) is 1. The van der Waals surface area contributed by atoms with Crippen LogP contribution < -0.4 is 5.32 Å². The molecule has 2 aromatic rings. The predicted octanol–water partition coefficient (Wildman–Crippen LogP) is 4.45. The topological polar surface area (TPSA) is 52.9 Å². The number of hydrogen-bond acceptors (Lipinski definition) is 3. The van der Waals surface area contributed by atoms with Gasteiger partial charge in [-0.25, -0.2) is 0 Å². The minimum atomic E-state index is -4.45. The number of thioether (sulfide) groups is 1. The Hall–Kier alpha value is -2.46. The van der Waals surface area contributed by atoms with E-state index in [-0.39, 0.29) is 11.4 Å². The summed E-state index contributed by atoms with van der Waals surface area (Å²) in [6, 6.07) is 13.6. The number of amides is 1. The maximum absolute atomic E-state index is 12.6. The summed E-state index contributed by atoms with van der Waals surface area (Å²) in [4.78, 5) is 11.8. The Bertz CT molecular complexity index is 769. The first kappa shape index (κ1) is 17.9. The van der Waals surface area contributed by atoms with Gasteiger partial charge in [-0.05, 0) is 29.8 Å². The highest BCUT2D eigenvalue weighted by molar-refractivity contribution is 7.99. The van der Waals surface area contributed by atoms with E-state index in [4.69, 9.17) is 5.26 Å². The van der Waals surface area contributed by atoms with E-state index >= 15 is 0 Å². The van der Waals surface area contributed by atoms with Gasteiger partial charge in [-0.15, -0.1) is 11.8 Å². The largest absolute Gasteiger partial charge is 0.416 e. The number of rotatable bonds is 5. The average molecular weight is 350 g/mol. The molecule has 0 radical (unpaired) electrons. The van der Waals surface area contributed by atoms with Gasteiger partial charge in [-0.2, -0.15) is 18.4 Å². The zero-order valence-electron chi connectivity index (χ0n) is 12.4. The van der Waals surface area contributed by atoms with Gasteiger partial charge in [-0.3, -0.25) is 4.79 Å². The molecule has 0 atom stereocenters. The van der Waals surface area contributed by atoms with Crippen LogP contribution in [0.4, 0.5) is 18.9 Å². The van der Waals surface area contributed by atoms with Gasteiger partial charge in [0, 0.05) is 11.4 Å². The predicted molar refractivity (Wildman–Crippen MR) is 87.4 cm³/mol. The molecular formula is C17H13F3N2OS. The van der Waals surface area contributed by atoms with Crippen molar-refractivity contribution in [2.45, 2.75) is 11.9 Å². The van der Waals surface area contributed by atoms with Gasteiger partial charge in [0.05, 0.1) is 22.9 Å². The van der Waals surface area contributed by atoms with E-state index in [1.807, 2.05) is 0 Å². The summed E-state index contributed by atoms with van der Waals surface area (Å²) in [6.07, 6.45) is -4.45. The van der Waals surface area contributed by atoms with Gasteiger partial charge in [0.15, 0.2) is 0 Å². The Morgan fingerprint density at radius 2 is 1.92 bits per heavy atom. The molecule has 0 aliphatic rings. The molecule has 0 saturated carbocycles. The van der Waals surface area contributed by atoms with Crippen molar-refractivity contribution >= 4 is 23.4 Å². The van der Waals surface area contributed by atoms with E-state index in [1.165, 1.54) is 23.9 Å². The second-order valence-corrected chi connectivity index (χ2v) is 5.87.